The number of carbonyl (C=O) groups is 2. The van der Waals surface area contributed by atoms with Crippen molar-refractivity contribution >= 4 is 12.0 Å². The van der Waals surface area contributed by atoms with Gasteiger partial charge in [-0.3, -0.25) is 4.79 Å². The van der Waals surface area contributed by atoms with Gasteiger partial charge in [0.25, 0.3) is 0 Å². The summed E-state index contributed by atoms with van der Waals surface area (Å²) in [5, 5.41) is 11.9. The molecule has 1 fully saturated rings. The fraction of sp³-hybridized carbons (Fsp3) is 0.857. The molecule has 2 amide bonds. The number of amides is 2. The van der Waals surface area contributed by atoms with Crippen LogP contribution in [0.1, 0.15) is 48.0 Å². The highest BCUT2D eigenvalue weighted by molar-refractivity contribution is 5.81. The maximum absolute atomic E-state index is 12.3. The van der Waals surface area contributed by atoms with Crippen LogP contribution in [-0.2, 0) is 4.79 Å². The third-order valence-corrected chi connectivity index (χ3v) is 4.98. The number of carboxylic acid groups (broad SMARTS) is 1. The van der Waals surface area contributed by atoms with E-state index in [4.69, 9.17) is 5.11 Å². The smallest absolute Gasteiger partial charge is 0.323 e. The Balaban J connectivity index is 2.72. The molecular weight excluding hydrogens is 244 g/mol. The van der Waals surface area contributed by atoms with Crippen molar-refractivity contribution in [1.29, 1.82) is 0 Å². The second-order valence-corrected chi connectivity index (χ2v) is 6.60. The highest BCUT2D eigenvalue weighted by Gasteiger charge is 2.65. The van der Waals surface area contributed by atoms with Crippen LogP contribution in [0.2, 0.25) is 0 Å². The monoisotopic (exact) mass is 270 g/mol. The first-order valence-corrected chi connectivity index (χ1v) is 6.84. The summed E-state index contributed by atoms with van der Waals surface area (Å²) in [6.45, 7) is 12.0. The zero-order valence-electron chi connectivity index (χ0n) is 12.8. The van der Waals surface area contributed by atoms with Crippen molar-refractivity contribution < 1.29 is 14.7 Å². The first kappa shape index (κ1) is 15.8. The molecule has 0 aromatic rings. The van der Waals surface area contributed by atoms with Gasteiger partial charge in [0.1, 0.15) is 6.54 Å². The lowest BCUT2D eigenvalue weighted by molar-refractivity contribution is -0.138. The predicted molar refractivity (Wildman–Crippen MR) is 74.0 cm³/mol. The highest BCUT2D eigenvalue weighted by Crippen LogP contribution is 2.62. The Labute approximate surface area is 115 Å². The summed E-state index contributed by atoms with van der Waals surface area (Å²) in [7, 11) is 0. The second-order valence-electron chi connectivity index (χ2n) is 6.60. The van der Waals surface area contributed by atoms with Crippen molar-refractivity contribution in [1.82, 2.24) is 10.2 Å². The number of nitrogens with one attached hydrogen (secondary N) is 1. The molecule has 0 saturated heterocycles. The molecule has 1 rings (SSSR count). The number of aliphatic carboxylic acids is 1. The molecule has 0 spiro atoms. The number of hydrogen-bond donors (Lipinski definition) is 2. The quantitative estimate of drug-likeness (QED) is 0.805. The molecule has 0 heterocycles. The lowest BCUT2D eigenvalue weighted by Gasteiger charge is -2.27. The maximum Gasteiger partial charge on any atom is 0.323 e. The van der Waals surface area contributed by atoms with Crippen molar-refractivity contribution in [2.75, 3.05) is 6.54 Å². The maximum atomic E-state index is 12.3. The Kier molecular flexibility index (Phi) is 4.17. The lowest BCUT2D eigenvalue weighted by Crippen LogP contribution is -2.48. The van der Waals surface area contributed by atoms with Crippen LogP contribution >= 0.6 is 0 Å². The van der Waals surface area contributed by atoms with E-state index >= 15 is 0 Å². The van der Waals surface area contributed by atoms with Gasteiger partial charge in [0, 0.05) is 12.1 Å². The minimum absolute atomic E-state index is 0.0486. The summed E-state index contributed by atoms with van der Waals surface area (Å²) >= 11 is 0. The van der Waals surface area contributed by atoms with E-state index in [9.17, 15) is 9.59 Å². The van der Waals surface area contributed by atoms with Crippen LogP contribution in [0.4, 0.5) is 4.79 Å². The summed E-state index contributed by atoms with van der Waals surface area (Å²) in [4.78, 5) is 24.5. The van der Waals surface area contributed by atoms with Crippen LogP contribution in [0.25, 0.3) is 0 Å². The molecule has 5 heteroatoms. The van der Waals surface area contributed by atoms with E-state index in [0.717, 1.165) is 6.42 Å². The van der Waals surface area contributed by atoms with Gasteiger partial charge < -0.3 is 15.3 Å². The molecule has 1 unspecified atom stereocenters. The van der Waals surface area contributed by atoms with E-state index < -0.39 is 5.97 Å². The molecule has 0 aliphatic heterocycles. The third-order valence-electron chi connectivity index (χ3n) is 4.98. The van der Waals surface area contributed by atoms with Crippen LogP contribution in [0.3, 0.4) is 0 Å². The van der Waals surface area contributed by atoms with Crippen molar-refractivity contribution in [2.24, 2.45) is 10.8 Å². The average Bonchev–Trinajstić information content (AvgIpc) is 2.67. The van der Waals surface area contributed by atoms with Gasteiger partial charge in [0.15, 0.2) is 0 Å². The first-order chi connectivity index (χ1) is 8.55. The van der Waals surface area contributed by atoms with Gasteiger partial charge in [0.05, 0.1) is 0 Å². The Morgan fingerprint density at radius 2 is 1.74 bits per heavy atom. The van der Waals surface area contributed by atoms with Gasteiger partial charge in [-0.1, -0.05) is 34.6 Å². The standard InChI is InChI=1S/C14H26N2O3/c1-7-9(2)16(8-10(17)18)12(19)15-11-13(3,4)14(11,5)6/h9,11H,7-8H2,1-6H3,(H,15,19)(H,17,18). The van der Waals surface area contributed by atoms with Crippen molar-refractivity contribution in [2.45, 2.75) is 60.0 Å². The molecule has 2 N–H and O–H groups in total. The van der Waals surface area contributed by atoms with Crippen LogP contribution < -0.4 is 5.32 Å². The molecule has 110 valence electrons. The van der Waals surface area contributed by atoms with Gasteiger partial charge in [-0.2, -0.15) is 0 Å². The summed E-state index contributed by atoms with van der Waals surface area (Å²) in [5.74, 6) is -0.982. The molecule has 0 radical (unpaired) electrons. The molecule has 0 aromatic carbocycles. The van der Waals surface area contributed by atoms with Crippen LogP contribution in [0, 0.1) is 10.8 Å². The number of carbonyl (C=O) groups excluding carboxylic acids is 1. The zero-order valence-corrected chi connectivity index (χ0v) is 12.8. The average molecular weight is 270 g/mol. The number of rotatable bonds is 5. The van der Waals surface area contributed by atoms with Gasteiger partial charge in [-0.05, 0) is 24.2 Å². The molecule has 0 aromatic heterocycles. The lowest BCUT2D eigenvalue weighted by atomic mass is 10.0. The van der Waals surface area contributed by atoms with Crippen LogP contribution in [-0.4, -0.2) is 40.6 Å². The minimum atomic E-state index is -0.982. The molecule has 1 aliphatic carbocycles. The third kappa shape index (κ3) is 2.85. The number of urea groups is 1. The van der Waals surface area contributed by atoms with Crippen molar-refractivity contribution in [3.63, 3.8) is 0 Å². The molecule has 1 aliphatic rings. The van der Waals surface area contributed by atoms with E-state index in [1.807, 2.05) is 13.8 Å². The van der Waals surface area contributed by atoms with Crippen LogP contribution in [0.15, 0.2) is 0 Å². The summed E-state index contributed by atoms with van der Waals surface area (Å²) in [6.07, 6.45) is 0.734. The Hall–Kier alpha value is -1.26. The normalized spacial score (nSPS) is 21.6. The molecular formula is C14H26N2O3. The fourth-order valence-corrected chi connectivity index (χ4v) is 2.56. The Morgan fingerprint density at radius 1 is 1.26 bits per heavy atom. The van der Waals surface area contributed by atoms with E-state index in [2.05, 4.69) is 33.0 Å². The van der Waals surface area contributed by atoms with Gasteiger partial charge >= 0.3 is 12.0 Å². The number of nitrogens with zero attached hydrogens (tertiary/aromatic N) is 1. The first-order valence-electron chi connectivity index (χ1n) is 6.84. The topological polar surface area (TPSA) is 69.6 Å². The van der Waals surface area contributed by atoms with E-state index in [1.54, 1.807) is 0 Å². The summed E-state index contributed by atoms with van der Waals surface area (Å²) in [5.41, 5.74) is 0.0972. The number of hydrogen-bond acceptors (Lipinski definition) is 2. The van der Waals surface area contributed by atoms with Gasteiger partial charge in [0.2, 0.25) is 0 Å². The Bertz CT molecular complexity index is 363. The van der Waals surface area contributed by atoms with Gasteiger partial charge in [-0.15, -0.1) is 0 Å². The van der Waals surface area contributed by atoms with Crippen molar-refractivity contribution in [3.8, 4) is 0 Å². The largest absolute Gasteiger partial charge is 0.480 e. The van der Waals surface area contributed by atoms with E-state index in [-0.39, 0.29) is 35.5 Å². The van der Waals surface area contributed by atoms with Gasteiger partial charge in [-0.25, -0.2) is 4.79 Å². The minimum Gasteiger partial charge on any atom is -0.480 e. The highest BCUT2D eigenvalue weighted by atomic mass is 16.4. The summed E-state index contributed by atoms with van der Waals surface area (Å²) in [6, 6.07) is -0.269. The molecule has 0 bridgehead atoms. The molecule has 5 nitrogen and oxygen atoms in total. The molecule has 1 atom stereocenters. The molecule has 19 heavy (non-hydrogen) atoms. The zero-order chi connectivity index (χ0) is 15.0. The molecule has 1 saturated carbocycles. The second kappa shape index (κ2) is 5.02. The van der Waals surface area contributed by atoms with E-state index in [1.165, 1.54) is 4.90 Å². The van der Waals surface area contributed by atoms with E-state index in [0.29, 0.717) is 0 Å². The predicted octanol–water partition coefficient (Wildman–Crippen LogP) is 2.32. The SMILES string of the molecule is CCC(C)N(CC(=O)O)C(=O)NC1C(C)(C)C1(C)C. The van der Waals surface area contributed by atoms with Crippen LogP contribution in [0.5, 0.6) is 0 Å². The summed E-state index contributed by atoms with van der Waals surface area (Å²) < 4.78 is 0. The number of carboxylic acids is 1. The fourth-order valence-electron chi connectivity index (χ4n) is 2.56. The van der Waals surface area contributed by atoms with Crippen molar-refractivity contribution in [3.05, 3.63) is 0 Å². The Morgan fingerprint density at radius 3 is 2.05 bits per heavy atom.